The third-order valence-electron chi connectivity index (χ3n) is 8.58. The minimum atomic E-state index is 0.925. The summed E-state index contributed by atoms with van der Waals surface area (Å²) in [5, 5.41) is 11.6. The van der Waals surface area contributed by atoms with Gasteiger partial charge in [-0.1, -0.05) is 88.7 Å². The van der Waals surface area contributed by atoms with E-state index in [0.29, 0.717) is 0 Å². The predicted octanol–water partition coefficient (Wildman–Crippen LogP) is 11.7. The zero-order chi connectivity index (χ0) is 27.8. The van der Waals surface area contributed by atoms with Crippen molar-refractivity contribution in [2.75, 3.05) is 0 Å². The smallest absolute Gasteiger partial charge is 0.143 e. The molecule has 7 aromatic carbocycles. The van der Waals surface area contributed by atoms with Crippen LogP contribution in [0.2, 0.25) is 0 Å². The van der Waals surface area contributed by atoms with Crippen LogP contribution in [0.25, 0.3) is 87.3 Å². The van der Waals surface area contributed by atoms with Crippen molar-refractivity contribution in [3.05, 3.63) is 138 Å². The van der Waals surface area contributed by atoms with Crippen LogP contribution in [0.4, 0.5) is 0 Å². The van der Waals surface area contributed by atoms with Crippen LogP contribution in [0.5, 0.6) is 0 Å². The molecule has 0 aliphatic rings. The lowest BCUT2D eigenvalue weighted by Gasteiger charge is -2.13. The van der Waals surface area contributed by atoms with Crippen LogP contribution in [-0.2, 0) is 0 Å². The molecule has 196 valence electrons. The molecule has 0 fully saturated rings. The van der Waals surface area contributed by atoms with Gasteiger partial charge in [-0.25, -0.2) is 0 Å². The second-order valence-electron chi connectivity index (χ2n) is 10.9. The molecule has 0 aliphatic carbocycles. The summed E-state index contributed by atoms with van der Waals surface area (Å²) in [6, 6.07) is 43.5. The van der Waals surface area contributed by atoms with E-state index in [1.165, 1.54) is 38.4 Å². The van der Waals surface area contributed by atoms with Crippen LogP contribution in [-0.4, -0.2) is 4.98 Å². The Morgan fingerprint density at radius 3 is 2.00 bits per heavy atom. The molecule has 0 spiro atoms. The lowest BCUT2D eigenvalue weighted by atomic mass is 9.90. The third kappa shape index (κ3) is 3.47. The maximum Gasteiger partial charge on any atom is 0.143 e. The summed E-state index contributed by atoms with van der Waals surface area (Å²) in [5.74, 6) is 0. The highest BCUT2D eigenvalue weighted by molar-refractivity contribution is 9.10. The number of benzene rings is 7. The number of hydrogen-bond acceptors (Lipinski definition) is 2. The molecule has 2 nitrogen and oxygen atoms in total. The van der Waals surface area contributed by atoms with Gasteiger partial charge in [-0.3, -0.25) is 4.98 Å². The summed E-state index contributed by atoms with van der Waals surface area (Å²) < 4.78 is 7.96. The molecule has 0 N–H and O–H groups in total. The van der Waals surface area contributed by atoms with Crippen molar-refractivity contribution in [3.8, 4) is 22.3 Å². The monoisotopic (exact) mass is 599 g/mol. The Morgan fingerprint density at radius 2 is 1.14 bits per heavy atom. The van der Waals surface area contributed by atoms with Gasteiger partial charge < -0.3 is 4.42 Å². The topological polar surface area (TPSA) is 26.0 Å². The van der Waals surface area contributed by atoms with Crippen LogP contribution in [0.3, 0.4) is 0 Å². The Labute approximate surface area is 250 Å². The lowest BCUT2D eigenvalue weighted by molar-refractivity contribution is 0.676. The van der Waals surface area contributed by atoms with Crippen molar-refractivity contribution in [2.45, 2.75) is 0 Å². The molecule has 42 heavy (non-hydrogen) atoms. The zero-order valence-corrected chi connectivity index (χ0v) is 24.0. The molecule has 9 aromatic rings. The summed E-state index contributed by atoms with van der Waals surface area (Å²) in [4.78, 5) is 4.50. The molecule has 0 saturated heterocycles. The second-order valence-corrected chi connectivity index (χ2v) is 11.8. The molecule has 0 bridgehead atoms. The van der Waals surface area contributed by atoms with Crippen molar-refractivity contribution in [1.82, 2.24) is 4.98 Å². The fourth-order valence-corrected chi connectivity index (χ4v) is 6.86. The van der Waals surface area contributed by atoms with E-state index in [1.807, 2.05) is 12.4 Å². The third-order valence-corrected chi connectivity index (χ3v) is 9.10. The normalized spacial score (nSPS) is 11.9. The number of nitrogens with zero attached hydrogens (tertiary/aromatic N) is 1. The van der Waals surface area contributed by atoms with Crippen LogP contribution in [0.1, 0.15) is 0 Å². The summed E-state index contributed by atoms with van der Waals surface area (Å²) in [7, 11) is 0. The largest absolute Gasteiger partial charge is 0.455 e. The van der Waals surface area contributed by atoms with Gasteiger partial charge in [0.2, 0.25) is 0 Å². The number of halogens is 1. The molecular weight excluding hydrogens is 578 g/mol. The minimum Gasteiger partial charge on any atom is -0.455 e. The number of pyridine rings is 1. The van der Waals surface area contributed by atoms with E-state index in [0.717, 1.165) is 53.3 Å². The Balaban J connectivity index is 1.39. The van der Waals surface area contributed by atoms with Crippen LogP contribution >= 0.6 is 15.9 Å². The first-order chi connectivity index (χ1) is 20.7. The highest BCUT2D eigenvalue weighted by Crippen LogP contribution is 2.46. The van der Waals surface area contributed by atoms with Gasteiger partial charge in [-0.05, 0) is 97.7 Å². The molecule has 2 heterocycles. The Bertz CT molecular complexity index is 2530. The number of hydrogen-bond donors (Lipinski definition) is 0. The Kier molecular flexibility index (Phi) is 5.08. The summed E-state index contributed by atoms with van der Waals surface area (Å²) in [6.45, 7) is 0. The fourth-order valence-electron chi connectivity index (χ4n) is 6.60. The van der Waals surface area contributed by atoms with Crippen molar-refractivity contribution in [3.63, 3.8) is 0 Å². The average molecular weight is 601 g/mol. The van der Waals surface area contributed by atoms with Gasteiger partial charge in [0.05, 0.1) is 0 Å². The van der Waals surface area contributed by atoms with Gasteiger partial charge in [-0.2, -0.15) is 0 Å². The van der Waals surface area contributed by atoms with Crippen molar-refractivity contribution in [1.29, 1.82) is 0 Å². The number of furan rings is 1. The van der Waals surface area contributed by atoms with Gasteiger partial charge in [0.1, 0.15) is 11.2 Å². The highest BCUT2D eigenvalue weighted by atomic mass is 79.9. The second kappa shape index (κ2) is 9.01. The molecular formula is C39H22BrNO. The van der Waals surface area contributed by atoms with Crippen molar-refractivity contribution < 1.29 is 4.42 Å². The van der Waals surface area contributed by atoms with Gasteiger partial charge in [-0.15, -0.1) is 0 Å². The maximum atomic E-state index is 6.88. The van der Waals surface area contributed by atoms with Gasteiger partial charge in [0, 0.05) is 43.8 Å². The van der Waals surface area contributed by atoms with Crippen LogP contribution < -0.4 is 0 Å². The van der Waals surface area contributed by atoms with Gasteiger partial charge in [0.25, 0.3) is 0 Å². The van der Waals surface area contributed by atoms with E-state index in [9.17, 15) is 0 Å². The SMILES string of the molecule is Brc1ccc(-c2ccc3c(ccc4c3oc3c5ccccc5cc(-c5cc6ccccc6c6cnccc56)c43)c2)cc1. The summed E-state index contributed by atoms with van der Waals surface area (Å²) in [6.07, 6.45) is 3.88. The first kappa shape index (κ1) is 23.7. The molecule has 2 aromatic heterocycles. The van der Waals surface area contributed by atoms with Gasteiger partial charge in [0.15, 0.2) is 0 Å². The zero-order valence-electron chi connectivity index (χ0n) is 22.4. The molecule has 3 heteroatoms. The fraction of sp³-hybridized carbons (Fsp3) is 0. The summed E-state index contributed by atoms with van der Waals surface area (Å²) in [5.41, 5.74) is 6.60. The van der Waals surface area contributed by atoms with E-state index < -0.39 is 0 Å². The molecule has 0 saturated carbocycles. The summed E-state index contributed by atoms with van der Waals surface area (Å²) >= 11 is 3.55. The predicted molar refractivity (Wildman–Crippen MR) is 180 cm³/mol. The lowest BCUT2D eigenvalue weighted by Crippen LogP contribution is -1.87. The number of aromatic nitrogens is 1. The van der Waals surface area contributed by atoms with Crippen LogP contribution in [0.15, 0.2) is 143 Å². The molecule has 0 amide bonds. The average Bonchev–Trinajstić information content (AvgIpc) is 3.45. The van der Waals surface area contributed by atoms with E-state index in [-0.39, 0.29) is 0 Å². The van der Waals surface area contributed by atoms with Crippen molar-refractivity contribution >= 4 is 81.0 Å². The standard InChI is InChI=1S/C39H22BrNO/c40-28-13-9-23(10-14-28)24-11-15-31-27(19-24)12-16-33-37-35(21-26-6-2-4-8-30(26)39(37)42-38(31)33)34-20-25-5-1-3-7-29(25)36-22-41-18-17-32(34)36/h1-22H. The molecule has 0 atom stereocenters. The quantitative estimate of drug-likeness (QED) is 0.185. The first-order valence-corrected chi connectivity index (χ1v) is 14.8. The first-order valence-electron chi connectivity index (χ1n) is 14.1. The minimum absolute atomic E-state index is 0.925. The van der Waals surface area contributed by atoms with Gasteiger partial charge >= 0.3 is 0 Å². The molecule has 9 rings (SSSR count). The number of fused-ring (bicyclic) bond motifs is 10. The molecule has 0 unspecified atom stereocenters. The number of rotatable bonds is 2. The van der Waals surface area contributed by atoms with E-state index in [2.05, 4.69) is 142 Å². The highest BCUT2D eigenvalue weighted by Gasteiger charge is 2.20. The van der Waals surface area contributed by atoms with E-state index in [4.69, 9.17) is 4.42 Å². The molecule has 0 aliphatic heterocycles. The molecule has 0 radical (unpaired) electrons. The van der Waals surface area contributed by atoms with Crippen LogP contribution in [0, 0.1) is 0 Å². The van der Waals surface area contributed by atoms with E-state index in [1.54, 1.807) is 0 Å². The Hall–Kier alpha value is -4.99. The van der Waals surface area contributed by atoms with E-state index >= 15 is 0 Å². The van der Waals surface area contributed by atoms with Crippen molar-refractivity contribution in [2.24, 2.45) is 0 Å². The maximum absolute atomic E-state index is 6.88. The Morgan fingerprint density at radius 1 is 0.476 bits per heavy atom.